The van der Waals surface area contributed by atoms with Crippen LogP contribution in [0.2, 0.25) is 0 Å². The van der Waals surface area contributed by atoms with Crippen LogP contribution in [0.1, 0.15) is 13.8 Å². The summed E-state index contributed by atoms with van der Waals surface area (Å²) in [4.78, 5) is 6.10. The summed E-state index contributed by atoms with van der Waals surface area (Å²) in [5, 5.41) is 0. The van der Waals surface area contributed by atoms with E-state index in [4.69, 9.17) is 4.74 Å². The first-order valence-corrected chi connectivity index (χ1v) is 4.90. The van der Waals surface area contributed by atoms with Crippen molar-refractivity contribution in [2.45, 2.75) is 13.8 Å². The highest BCUT2D eigenvalue weighted by atomic mass is 16.5. The summed E-state index contributed by atoms with van der Waals surface area (Å²) >= 11 is 0. The third-order valence-electron chi connectivity index (χ3n) is 1.53. The Morgan fingerprint density at radius 1 is 1.36 bits per heavy atom. The third-order valence-corrected chi connectivity index (χ3v) is 1.53. The summed E-state index contributed by atoms with van der Waals surface area (Å²) in [5.74, 6) is 0. The Hall–Kier alpha value is -1.09. The van der Waals surface area contributed by atoms with Crippen LogP contribution in [0.4, 0.5) is 0 Å². The lowest BCUT2D eigenvalue weighted by Gasteiger charge is -2.11. The fourth-order valence-electron chi connectivity index (χ4n) is 0.773. The van der Waals surface area contributed by atoms with E-state index in [9.17, 15) is 0 Å². The van der Waals surface area contributed by atoms with Gasteiger partial charge < -0.3 is 9.64 Å². The third kappa shape index (κ3) is 9.00. The summed E-state index contributed by atoms with van der Waals surface area (Å²) < 4.78 is 5.22. The molecule has 3 nitrogen and oxygen atoms in total. The van der Waals surface area contributed by atoms with Gasteiger partial charge in [-0.1, -0.05) is 12.2 Å². The molecule has 3 heteroatoms. The highest BCUT2D eigenvalue weighted by Gasteiger charge is 1.89. The van der Waals surface area contributed by atoms with Crippen LogP contribution in [0.25, 0.3) is 0 Å². The Morgan fingerprint density at radius 2 is 2.14 bits per heavy atom. The van der Waals surface area contributed by atoms with Gasteiger partial charge in [0.2, 0.25) is 0 Å². The Labute approximate surface area is 86.8 Å². The molecule has 0 spiro atoms. The summed E-state index contributed by atoms with van der Waals surface area (Å²) in [7, 11) is 1.98. The molecule has 80 valence electrons. The maximum absolute atomic E-state index is 5.22. The van der Waals surface area contributed by atoms with E-state index >= 15 is 0 Å². The average Bonchev–Trinajstić information content (AvgIpc) is 2.18. The van der Waals surface area contributed by atoms with E-state index in [1.165, 1.54) is 0 Å². The lowest BCUT2D eigenvalue weighted by molar-refractivity contribution is 0.137. The fourth-order valence-corrected chi connectivity index (χ4v) is 0.773. The summed E-state index contributed by atoms with van der Waals surface area (Å²) in [6.07, 6.45) is 9.35. The van der Waals surface area contributed by atoms with Crippen molar-refractivity contribution in [3.05, 3.63) is 24.4 Å². The highest BCUT2D eigenvalue weighted by Crippen LogP contribution is 1.82. The first-order valence-electron chi connectivity index (χ1n) is 4.90. The van der Waals surface area contributed by atoms with Crippen LogP contribution in [0.3, 0.4) is 0 Å². The molecule has 14 heavy (non-hydrogen) atoms. The SMILES string of the molecule is C\C=C/C=C\N=C\N(C)CCOCC. The molecule has 0 aromatic rings. The van der Waals surface area contributed by atoms with Crippen molar-refractivity contribution in [3.8, 4) is 0 Å². The molecular weight excluding hydrogens is 176 g/mol. The van der Waals surface area contributed by atoms with Crippen molar-refractivity contribution in [1.82, 2.24) is 4.90 Å². The fraction of sp³-hybridized carbons (Fsp3) is 0.545. The molecule has 0 aliphatic heterocycles. The number of ether oxygens (including phenoxy) is 1. The van der Waals surface area contributed by atoms with E-state index < -0.39 is 0 Å². The van der Waals surface area contributed by atoms with Crippen LogP contribution < -0.4 is 0 Å². The molecule has 0 aliphatic carbocycles. The minimum atomic E-state index is 0.748. The quantitative estimate of drug-likeness (QED) is 0.269. The molecule has 0 heterocycles. The zero-order chi connectivity index (χ0) is 10.6. The molecule has 0 aromatic heterocycles. The second kappa shape index (κ2) is 9.99. The summed E-state index contributed by atoms with van der Waals surface area (Å²) in [5.41, 5.74) is 0. The number of allylic oxidation sites excluding steroid dienone is 3. The molecule has 0 amide bonds. The molecule has 0 bridgehead atoms. The maximum atomic E-state index is 5.22. The van der Waals surface area contributed by atoms with E-state index in [1.54, 1.807) is 12.5 Å². The smallest absolute Gasteiger partial charge is 0.0903 e. The molecular formula is C11H20N2O. The van der Waals surface area contributed by atoms with Gasteiger partial charge in [-0.15, -0.1) is 0 Å². The Bertz CT molecular complexity index is 197. The zero-order valence-electron chi connectivity index (χ0n) is 9.31. The molecule has 0 fully saturated rings. The van der Waals surface area contributed by atoms with Gasteiger partial charge >= 0.3 is 0 Å². The number of aliphatic imine (C=N–C) groups is 1. The highest BCUT2D eigenvalue weighted by molar-refractivity contribution is 5.55. The second-order valence-corrected chi connectivity index (χ2v) is 2.81. The Morgan fingerprint density at radius 3 is 2.79 bits per heavy atom. The molecule has 0 radical (unpaired) electrons. The minimum absolute atomic E-state index is 0.748. The van der Waals surface area contributed by atoms with Crippen molar-refractivity contribution in [2.24, 2.45) is 4.99 Å². The average molecular weight is 196 g/mol. The van der Waals surface area contributed by atoms with Gasteiger partial charge in [0.15, 0.2) is 0 Å². The van der Waals surface area contributed by atoms with E-state index in [1.807, 2.05) is 44.0 Å². The number of hydrogen-bond donors (Lipinski definition) is 0. The van der Waals surface area contributed by atoms with E-state index in [0.29, 0.717) is 0 Å². The number of hydrogen-bond acceptors (Lipinski definition) is 2. The van der Waals surface area contributed by atoms with Crippen molar-refractivity contribution < 1.29 is 4.74 Å². The van der Waals surface area contributed by atoms with Gasteiger partial charge in [-0.05, 0) is 19.9 Å². The molecule has 0 atom stereocenters. The topological polar surface area (TPSA) is 24.8 Å². The van der Waals surface area contributed by atoms with Crippen LogP contribution >= 0.6 is 0 Å². The van der Waals surface area contributed by atoms with Crippen LogP contribution in [0.15, 0.2) is 29.4 Å². The maximum Gasteiger partial charge on any atom is 0.0903 e. The van der Waals surface area contributed by atoms with Gasteiger partial charge in [0.1, 0.15) is 0 Å². The molecule has 0 unspecified atom stereocenters. The van der Waals surface area contributed by atoms with Gasteiger partial charge in [-0.25, -0.2) is 4.99 Å². The van der Waals surface area contributed by atoms with Crippen LogP contribution in [-0.2, 0) is 4.74 Å². The van der Waals surface area contributed by atoms with Crippen LogP contribution in [0.5, 0.6) is 0 Å². The number of likely N-dealkylation sites (N-methyl/N-ethyl adjacent to an activating group) is 1. The Balaban J connectivity index is 3.54. The predicted molar refractivity (Wildman–Crippen MR) is 61.6 cm³/mol. The monoisotopic (exact) mass is 196 g/mol. The molecule has 0 N–H and O–H groups in total. The normalized spacial score (nSPS) is 12.2. The molecule has 0 saturated carbocycles. The van der Waals surface area contributed by atoms with Crippen molar-refractivity contribution in [3.63, 3.8) is 0 Å². The number of nitrogens with zero attached hydrogens (tertiary/aromatic N) is 2. The van der Waals surface area contributed by atoms with Crippen molar-refractivity contribution in [1.29, 1.82) is 0 Å². The van der Waals surface area contributed by atoms with Gasteiger partial charge in [0.25, 0.3) is 0 Å². The van der Waals surface area contributed by atoms with E-state index in [0.717, 1.165) is 19.8 Å². The van der Waals surface area contributed by atoms with Crippen LogP contribution in [0, 0.1) is 0 Å². The molecule has 0 rings (SSSR count). The molecule has 0 aromatic carbocycles. The largest absolute Gasteiger partial charge is 0.380 e. The zero-order valence-corrected chi connectivity index (χ0v) is 9.31. The first kappa shape index (κ1) is 12.9. The lowest BCUT2D eigenvalue weighted by atomic mass is 10.5. The summed E-state index contributed by atoms with van der Waals surface area (Å²) in [6, 6.07) is 0. The van der Waals surface area contributed by atoms with Crippen molar-refractivity contribution in [2.75, 3.05) is 26.8 Å². The molecule has 0 aliphatic rings. The predicted octanol–water partition coefficient (Wildman–Crippen LogP) is 2.07. The number of rotatable bonds is 7. The minimum Gasteiger partial charge on any atom is -0.380 e. The van der Waals surface area contributed by atoms with Gasteiger partial charge in [0.05, 0.1) is 12.9 Å². The van der Waals surface area contributed by atoms with Crippen molar-refractivity contribution >= 4 is 6.34 Å². The first-order chi connectivity index (χ1) is 6.81. The van der Waals surface area contributed by atoms with Gasteiger partial charge in [-0.2, -0.15) is 0 Å². The van der Waals surface area contributed by atoms with E-state index in [2.05, 4.69) is 4.99 Å². The standard InChI is InChI=1S/C11H20N2O/c1-4-6-7-8-12-11-13(3)9-10-14-5-2/h4,6-8,11H,5,9-10H2,1-3H3/b6-4-,8-7-,12-11+. The molecule has 0 saturated heterocycles. The lowest BCUT2D eigenvalue weighted by Crippen LogP contribution is -2.21. The van der Waals surface area contributed by atoms with Gasteiger partial charge in [-0.3, -0.25) is 0 Å². The Kier molecular flexibility index (Phi) is 9.22. The van der Waals surface area contributed by atoms with Crippen LogP contribution in [-0.4, -0.2) is 38.0 Å². The summed E-state index contributed by atoms with van der Waals surface area (Å²) in [6.45, 7) is 6.36. The second-order valence-electron chi connectivity index (χ2n) is 2.81. The van der Waals surface area contributed by atoms with E-state index in [-0.39, 0.29) is 0 Å². The van der Waals surface area contributed by atoms with Gasteiger partial charge in [0, 0.05) is 26.4 Å².